The predicted octanol–water partition coefficient (Wildman–Crippen LogP) is 1.06. The molecule has 2 amide bonds. The van der Waals surface area contributed by atoms with Gasteiger partial charge in [-0.25, -0.2) is 9.97 Å². The molecule has 0 aliphatic heterocycles. The molecule has 0 saturated carbocycles. The first-order chi connectivity index (χ1) is 12.9. The van der Waals surface area contributed by atoms with Crippen molar-refractivity contribution in [2.75, 3.05) is 13.6 Å². The van der Waals surface area contributed by atoms with Crippen molar-refractivity contribution < 1.29 is 19.1 Å². The number of hydrogen-bond acceptors (Lipinski definition) is 6. The van der Waals surface area contributed by atoms with Crippen LogP contribution in [0.25, 0.3) is 5.76 Å². The maximum absolute atomic E-state index is 11.8. The number of hydrogen-bond donors (Lipinski definition) is 3. The van der Waals surface area contributed by atoms with Crippen LogP contribution in [0.2, 0.25) is 0 Å². The highest BCUT2D eigenvalue weighted by molar-refractivity contribution is 5.94. The highest BCUT2D eigenvalue weighted by atomic mass is 16.5. The average molecular weight is 371 g/mol. The van der Waals surface area contributed by atoms with Crippen molar-refractivity contribution in [2.45, 2.75) is 13.5 Å². The van der Waals surface area contributed by atoms with E-state index in [1.807, 2.05) is 6.92 Å². The average Bonchev–Trinajstić information content (AvgIpc) is 3.09. The number of nitrogens with one attached hydrogen (secondary N) is 3. The van der Waals surface area contributed by atoms with E-state index in [0.29, 0.717) is 18.1 Å². The fourth-order valence-electron chi connectivity index (χ4n) is 1.91. The number of pyridine rings is 1. The van der Waals surface area contributed by atoms with E-state index in [4.69, 9.17) is 9.47 Å². The third kappa shape index (κ3) is 5.70. The zero-order chi connectivity index (χ0) is 19.8. The van der Waals surface area contributed by atoms with Crippen LogP contribution in [0, 0.1) is 6.92 Å². The molecule has 0 aromatic carbocycles. The summed E-state index contributed by atoms with van der Waals surface area (Å²) >= 11 is 0. The smallest absolute Gasteiger partial charge is 0.286 e. The number of amides is 2. The molecule has 2 heterocycles. The standard InChI is InChI=1S/C18H21N5O4/c1-11-16(23-10-22-11)9-26-14-5-6-15(20-7-14)12(2)27-13(3)18(25)21-8-17(24)19-4/h5-7,10H,2-3,8-9H2,1,4H3,(H,19,24)(H,21,25)(H,22,23). The van der Waals surface area contributed by atoms with Crippen molar-refractivity contribution in [3.63, 3.8) is 0 Å². The van der Waals surface area contributed by atoms with Crippen molar-refractivity contribution in [3.05, 3.63) is 60.7 Å². The summed E-state index contributed by atoms with van der Waals surface area (Å²) in [5, 5.41) is 4.75. The molecule has 27 heavy (non-hydrogen) atoms. The SMILES string of the molecule is C=C(OC(=C)c1ccc(OCc2nc[nH]c2C)cn1)C(=O)NCC(=O)NC. The van der Waals surface area contributed by atoms with Crippen LogP contribution in [0.5, 0.6) is 5.75 Å². The van der Waals surface area contributed by atoms with Gasteiger partial charge in [-0.3, -0.25) is 9.59 Å². The molecule has 0 saturated heterocycles. The fourth-order valence-corrected chi connectivity index (χ4v) is 1.91. The minimum atomic E-state index is -0.617. The predicted molar refractivity (Wildman–Crippen MR) is 98.2 cm³/mol. The summed E-state index contributed by atoms with van der Waals surface area (Å²) in [5.41, 5.74) is 2.17. The third-order valence-corrected chi connectivity index (χ3v) is 3.52. The van der Waals surface area contributed by atoms with Crippen LogP contribution in [0.4, 0.5) is 0 Å². The molecule has 3 N–H and O–H groups in total. The van der Waals surface area contributed by atoms with Gasteiger partial charge in [-0.05, 0) is 19.1 Å². The maximum atomic E-state index is 11.8. The molecule has 9 heteroatoms. The molecule has 2 aromatic rings. The minimum absolute atomic E-state index is 0.143. The molecular weight excluding hydrogens is 350 g/mol. The Kier molecular flexibility index (Phi) is 6.70. The van der Waals surface area contributed by atoms with Gasteiger partial charge in [0, 0.05) is 12.7 Å². The molecule has 0 fully saturated rings. The van der Waals surface area contributed by atoms with E-state index in [-0.39, 0.29) is 24.0 Å². The highest BCUT2D eigenvalue weighted by Gasteiger charge is 2.13. The molecular formula is C18H21N5O4. The van der Waals surface area contributed by atoms with Gasteiger partial charge in [0.05, 0.1) is 24.8 Å². The van der Waals surface area contributed by atoms with Crippen LogP contribution in [0.1, 0.15) is 17.1 Å². The van der Waals surface area contributed by atoms with Gasteiger partial charge in [-0.1, -0.05) is 13.2 Å². The number of aryl methyl sites for hydroxylation is 1. The minimum Gasteiger partial charge on any atom is -0.486 e. The van der Waals surface area contributed by atoms with Gasteiger partial charge in [0.15, 0.2) is 5.76 Å². The largest absolute Gasteiger partial charge is 0.486 e. The Morgan fingerprint density at radius 1 is 1.26 bits per heavy atom. The second-order valence-electron chi connectivity index (χ2n) is 5.45. The zero-order valence-corrected chi connectivity index (χ0v) is 15.2. The molecule has 142 valence electrons. The van der Waals surface area contributed by atoms with E-state index in [1.54, 1.807) is 18.5 Å². The number of likely N-dealkylation sites (N-methyl/N-ethyl adjacent to an activating group) is 1. The van der Waals surface area contributed by atoms with E-state index in [2.05, 4.69) is 38.7 Å². The van der Waals surface area contributed by atoms with Crippen LogP contribution < -0.4 is 15.4 Å². The highest BCUT2D eigenvalue weighted by Crippen LogP contribution is 2.18. The molecule has 0 spiro atoms. The maximum Gasteiger partial charge on any atom is 0.286 e. The Bertz CT molecular complexity index is 842. The summed E-state index contributed by atoms with van der Waals surface area (Å²) in [6, 6.07) is 3.35. The topological polar surface area (TPSA) is 118 Å². The quantitative estimate of drug-likeness (QED) is 0.448. The fraction of sp³-hybridized carbons (Fsp3) is 0.222. The van der Waals surface area contributed by atoms with Gasteiger partial charge in [-0.2, -0.15) is 0 Å². The lowest BCUT2D eigenvalue weighted by atomic mass is 10.3. The van der Waals surface area contributed by atoms with Crippen LogP contribution in [-0.4, -0.2) is 40.4 Å². The number of rotatable bonds is 9. The lowest BCUT2D eigenvalue weighted by Crippen LogP contribution is -2.36. The summed E-state index contributed by atoms with van der Waals surface area (Å²) < 4.78 is 10.9. The Balaban J connectivity index is 1.85. The third-order valence-electron chi connectivity index (χ3n) is 3.52. The number of H-pyrrole nitrogens is 1. The summed E-state index contributed by atoms with van der Waals surface area (Å²) in [6.45, 7) is 9.29. The number of nitrogens with zero attached hydrogens (tertiary/aromatic N) is 2. The number of carbonyl (C=O) groups excluding carboxylic acids is 2. The van der Waals surface area contributed by atoms with Crippen LogP contribution in [-0.2, 0) is 20.9 Å². The Hall–Kier alpha value is -3.62. The first-order valence-corrected chi connectivity index (χ1v) is 8.03. The zero-order valence-electron chi connectivity index (χ0n) is 15.2. The first-order valence-electron chi connectivity index (χ1n) is 8.03. The first kappa shape index (κ1) is 19.7. The molecule has 0 radical (unpaired) electrons. The number of imidazole rings is 1. The Morgan fingerprint density at radius 2 is 2.04 bits per heavy atom. The number of aromatic nitrogens is 3. The molecule has 0 aliphatic carbocycles. The van der Waals surface area contributed by atoms with Crippen molar-refractivity contribution in [1.82, 2.24) is 25.6 Å². The monoisotopic (exact) mass is 371 g/mol. The summed E-state index contributed by atoms with van der Waals surface area (Å²) in [4.78, 5) is 34.2. The van der Waals surface area contributed by atoms with E-state index < -0.39 is 5.91 Å². The van der Waals surface area contributed by atoms with E-state index in [9.17, 15) is 9.59 Å². The molecule has 2 rings (SSSR count). The normalized spacial score (nSPS) is 10.0. The molecule has 0 atom stereocenters. The molecule has 0 unspecified atom stereocenters. The number of aromatic amines is 1. The van der Waals surface area contributed by atoms with Crippen molar-refractivity contribution in [3.8, 4) is 5.75 Å². The van der Waals surface area contributed by atoms with Gasteiger partial charge in [0.2, 0.25) is 5.91 Å². The number of carbonyl (C=O) groups is 2. The van der Waals surface area contributed by atoms with Gasteiger partial charge in [-0.15, -0.1) is 0 Å². The van der Waals surface area contributed by atoms with Crippen LogP contribution in [0.3, 0.4) is 0 Å². The van der Waals surface area contributed by atoms with Gasteiger partial charge in [0.1, 0.15) is 23.8 Å². The Labute approximate surface area is 156 Å². The molecule has 0 bridgehead atoms. The summed E-state index contributed by atoms with van der Waals surface area (Å²) in [5.74, 6) is -0.452. The summed E-state index contributed by atoms with van der Waals surface area (Å²) in [7, 11) is 1.47. The van der Waals surface area contributed by atoms with Gasteiger partial charge in [0.25, 0.3) is 5.91 Å². The van der Waals surface area contributed by atoms with Crippen molar-refractivity contribution in [2.24, 2.45) is 0 Å². The second-order valence-corrected chi connectivity index (χ2v) is 5.45. The lowest BCUT2D eigenvalue weighted by molar-refractivity contribution is -0.125. The van der Waals surface area contributed by atoms with Gasteiger partial charge < -0.3 is 25.1 Å². The summed E-state index contributed by atoms with van der Waals surface area (Å²) in [6.07, 6.45) is 3.12. The Morgan fingerprint density at radius 3 is 2.63 bits per heavy atom. The number of ether oxygens (including phenoxy) is 2. The molecule has 0 aliphatic rings. The lowest BCUT2D eigenvalue weighted by Gasteiger charge is -2.11. The van der Waals surface area contributed by atoms with E-state index in [0.717, 1.165) is 11.4 Å². The second kappa shape index (κ2) is 9.18. The van der Waals surface area contributed by atoms with Crippen LogP contribution >= 0.6 is 0 Å². The van der Waals surface area contributed by atoms with Crippen molar-refractivity contribution >= 4 is 17.6 Å². The van der Waals surface area contributed by atoms with E-state index >= 15 is 0 Å². The van der Waals surface area contributed by atoms with E-state index in [1.165, 1.54) is 13.2 Å². The van der Waals surface area contributed by atoms with Crippen LogP contribution in [0.15, 0.2) is 43.6 Å². The van der Waals surface area contributed by atoms with Crippen molar-refractivity contribution in [1.29, 1.82) is 0 Å². The molecule has 2 aromatic heterocycles. The molecule has 9 nitrogen and oxygen atoms in total. The van der Waals surface area contributed by atoms with Gasteiger partial charge >= 0.3 is 0 Å².